The van der Waals surface area contributed by atoms with Crippen LogP contribution in [0.1, 0.15) is 12.8 Å². The molecule has 2 aromatic rings. The molecule has 2 heterocycles. The molecule has 1 amide bonds. The molecule has 5 heteroatoms. The van der Waals surface area contributed by atoms with Gasteiger partial charge in [0.05, 0.1) is 5.69 Å². The van der Waals surface area contributed by atoms with Gasteiger partial charge in [0, 0.05) is 37.0 Å². The third-order valence-electron chi connectivity index (χ3n) is 3.06. The van der Waals surface area contributed by atoms with Gasteiger partial charge in [0.25, 0.3) is 0 Å². The third kappa shape index (κ3) is 2.11. The zero-order valence-corrected chi connectivity index (χ0v) is 10.1. The average molecular weight is 242 g/mol. The van der Waals surface area contributed by atoms with Gasteiger partial charge in [-0.2, -0.15) is 5.10 Å². The molecule has 1 N–H and O–H groups in total. The molecular formula is C13H14N4O. The van der Waals surface area contributed by atoms with Gasteiger partial charge < -0.3 is 5.32 Å². The van der Waals surface area contributed by atoms with Crippen molar-refractivity contribution in [2.24, 2.45) is 13.0 Å². The van der Waals surface area contributed by atoms with Crippen molar-refractivity contribution in [2.75, 3.05) is 5.32 Å². The average Bonchev–Trinajstić information content (AvgIpc) is 3.17. The highest BCUT2D eigenvalue weighted by Crippen LogP contribution is 2.30. The molecule has 0 atom stereocenters. The number of nitrogens with one attached hydrogen (secondary N) is 1. The summed E-state index contributed by atoms with van der Waals surface area (Å²) in [5.74, 6) is 1.03. The Morgan fingerprint density at radius 3 is 2.78 bits per heavy atom. The van der Waals surface area contributed by atoms with E-state index in [0.29, 0.717) is 0 Å². The molecule has 0 unspecified atom stereocenters. The number of carbonyl (C=O) groups is 1. The molecule has 1 aliphatic rings. The van der Waals surface area contributed by atoms with Crippen molar-refractivity contribution in [3.05, 3.63) is 30.6 Å². The predicted octanol–water partition coefficient (Wildman–Crippen LogP) is 1.83. The molecule has 0 saturated heterocycles. The van der Waals surface area contributed by atoms with E-state index in [4.69, 9.17) is 0 Å². The number of hydrogen-bond acceptors (Lipinski definition) is 3. The fourth-order valence-electron chi connectivity index (χ4n) is 1.82. The summed E-state index contributed by atoms with van der Waals surface area (Å²) in [6, 6.07) is 5.68. The summed E-state index contributed by atoms with van der Waals surface area (Å²) in [5.41, 5.74) is 1.83. The van der Waals surface area contributed by atoms with E-state index in [1.54, 1.807) is 17.1 Å². The number of anilines is 1. The van der Waals surface area contributed by atoms with Crippen LogP contribution in [0.2, 0.25) is 0 Å². The Morgan fingerprint density at radius 2 is 2.11 bits per heavy atom. The molecule has 1 aliphatic carbocycles. The molecule has 92 valence electrons. The molecule has 1 fully saturated rings. The fourth-order valence-corrected chi connectivity index (χ4v) is 1.82. The van der Waals surface area contributed by atoms with E-state index in [1.165, 1.54) is 0 Å². The number of amides is 1. The zero-order valence-electron chi connectivity index (χ0n) is 10.1. The highest BCUT2D eigenvalue weighted by atomic mass is 16.2. The highest BCUT2D eigenvalue weighted by molar-refractivity contribution is 5.93. The van der Waals surface area contributed by atoms with Gasteiger partial charge in [-0.3, -0.25) is 14.5 Å². The van der Waals surface area contributed by atoms with E-state index in [-0.39, 0.29) is 11.8 Å². The first-order valence-electron chi connectivity index (χ1n) is 5.99. The van der Waals surface area contributed by atoms with Crippen molar-refractivity contribution >= 4 is 11.7 Å². The topological polar surface area (TPSA) is 59.8 Å². The van der Waals surface area contributed by atoms with Crippen LogP contribution in [0.5, 0.6) is 0 Å². The highest BCUT2D eigenvalue weighted by Gasteiger charge is 2.30. The third-order valence-corrected chi connectivity index (χ3v) is 3.06. The van der Waals surface area contributed by atoms with Gasteiger partial charge in [-0.15, -0.1) is 0 Å². The van der Waals surface area contributed by atoms with E-state index in [9.17, 15) is 4.79 Å². The minimum Gasteiger partial charge on any atom is -0.311 e. The molecule has 0 spiro atoms. The Labute approximate surface area is 105 Å². The number of rotatable bonds is 3. The number of nitrogens with zero attached hydrogens (tertiary/aromatic N) is 3. The van der Waals surface area contributed by atoms with Crippen molar-refractivity contribution in [1.82, 2.24) is 14.8 Å². The maximum atomic E-state index is 11.7. The first-order chi connectivity index (χ1) is 8.74. The normalized spacial score (nSPS) is 14.5. The lowest BCUT2D eigenvalue weighted by atomic mass is 10.2. The summed E-state index contributed by atoms with van der Waals surface area (Å²) in [6.45, 7) is 0. The van der Waals surface area contributed by atoms with Gasteiger partial charge in [0.1, 0.15) is 5.82 Å². The van der Waals surface area contributed by atoms with Crippen LogP contribution in [-0.2, 0) is 11.8 Å². The van der Waals surface area contributed by atoms with Crippen molar-refractivity contribution in [3.8, 4) is 11.3 Å². The van der Waals surface area contributed by atoms with Crippen LogP contribution in [0.15, 0.2) is 30.6 Å². The lowest BCUT2D eigenvalue weighted by Crippen LogP contribution is -2.15. The van der Waals surface area contributed by atoms with E-state index < -0.39 is 0 Å². The molecule has 0 aromatic carbocycles. The lowest BCUT2D eigenvalue weighted by Gasteiger charge is -2.02. The van der Waals surface area contributed by atoms with Gasteiger partial charge in [-0.05, 0) is 25.0 Å². The second-order valence-corrected chi connectivity index (χ2v) is 4.54. The van der Waals surface area contributed by atoms with Gasteiger partial charge in [-0.1, -0.05) is 0 Å². The van der Waals surface area contributed by atoms with Crippen LogP contribution >= 0.6 is 0 Å². The van der Waals surface area contributed by atoms with Crippen LogP contribution in [0, 0.1) is 5.92 Å². The molecule has 0 aliphatic heterocycles. The van der Waals surface area contributed by atoms with Gasteiger partial charge in [-0.25, -0.2) is 0 Å². The number of hydrogen-bond donors (Lipinski definition) is 1. The van der Waals surface area contributed by atoms with Gasteiger partial charge in [0.15, 0.2) is 0 Å². The summed E-state index contributed by atoms with van der Waals surface area (Å²) in [5, 5.41) is 7.30. The first kappa shape index (κ1) is 11.0. The summed E-state index contributed by atoms with van der Waals surface area (Å²) in [6.07, 6.45) is 5.46. The lowest BCUT2D eigenvalue weighted by molar-refractivity contribution is -0.117. The molecule has 0 radical (unpaired) electrons. The van der Waals surface area contributed by atoms with E-state index >= 15 is 0 Å². The predicted molar refractivity (Wildman–Crippen MR) is 67.8 cm³/mol. The summed E-state index contributed by atoms with van der Waals surface area (Å²) >= 11 is 0. The maximum absolute atomic E-state index is 11.7. The summed E-state index contributed by atoms with van der Waals surface area (Å²) in [7, 11) is 1.83. The smallest absolute Gasteiger partial charge is 0.228 e. The molecule has 0 bridgehead atoms. The minimum atomic E-state index is 0.0966. The van der Waals surface area contributed by atoms with Crippen LogP contribution in [-0.4, -0.2) is 20.7 Å². The summed E-state index contributed by atoms with van der Waals surface area (Å²) < 4.78 is 1.69. The quantitative estimate of drug-likeness (QED) is 0.893. The second kappa shape index (κ2) is 4.25. The van der Waals surface area contributed by atoms with E-state index in [0.717, 1.165) is 29.9 Å². The Balaban J connectivity index is 1.84. The standard InChI is InChI=1S/C13H14N4O/c1-17-12(15-13(18)10-2-3-10)8-11(16-17)9-4-6-14-7-5-9/h4-8,10H,2-3H2,1H3,(H,15,18). The molecule has 18 heavy (non-hydrogen) atoms. The van der Waals surface area contributed by atoms with E-state index in [1.807, 2.05) is 25.2 Å². The summed E-state index contributed by atoms with van der Waals surface area (Å²) in [4.78, 5) is 15.7. The van der Waals surface area contributed by atoms with Crippen molar-refractivity contribution in [1.29, 1.82) is 0 Å². The molecule has 1 saturated carbocycles. The van der Waals surface area contributed by atoms with Gasteiger partial charge >= 0.3 is 0 Å². The number of aryl methyl sites for hydroxylation is 1. The van der Waals surface area contributed by atoms with Crippen LogP contribution in [0.3, 0.4) is 0 Å². The van der Waals surface area contributed by atoms with Crippen molar-refractivity contribution in [3.63, 3.8) is 0 Å². The maximum Gasteiger partial charge on any atom is 0.228 e. The second-order valence-electron chi connectivity index (χ2n) is 4.54. The number of pyridine rings is 1. The van der Waals surface area contributed by atoms with Gasteiger partial charge in [0.2, 0.25) is 5.91 Å². The minimum absolute atomic E-state index is 0.0966. The Morgan fingerprint density at radius 1 is 1.39 bits per heavy atom. The molecule has 2 aromatic heterocycles. The van der Waals surface area contributed by atoms with E-state index in [2.05, 4.69) is 15.4 Å². The van der Waals surface area contributed by atoms with Crippen LogP contribution in [0.25, 0.3) is 11.3 Å². The van der Waals surface area contributed by atoms with Crippen LogP contribution < -0.4 is 5.32 Å². The molecular weight excluding hydrogens is 228 g/mol. The fraction of sp³-hybridized carbons (Fsp3) is 0.308. The zero-order chi connectivity index (χ0) is 12.5. The molecule has 5 nitrogen and oxygen atoms in total. The Bertz CT molecular complexity index is 572. The Hall–Kier alpha value is -2.17. The monoisotopic (exact) mass is 242 g/mol. The van der Waals surface area contributed by atoms with Crippen LogP contribution in [0.4, 0.5) is 5.82 Å². The Kier molecular flexibility index (Phi) is 2.59. The first-order valence-corrected chi connectivity index (χ1v) is 5.99. The number of carbonyl (C=O) groups excluding carboxylic acids is 1. The largest absolute Gasteiger partial charge is 0.311 e. The van der Waals surface area contributed by atoms with Crippen molar-refractivity contribution in [2.45, 2.75) is 12.8 Å². The molecule has 3 rings (SSSR count). The SMILES string of the molecule is Cn1nc(-c2ccncc2)cc1NC(=O)C1CC1. The number of aromatic nitrogens is 3. The van der Waals surface area contributed by atoms with Crippen molar-refractivity contribution < 1.29 is 4.79 Å².